The first-order valence-electron chi connectivity index (χ1n) is 16.0. The molecular formula is C37H37N7O3S2. The zero-order valence-electron chi connectivity index (χ0n) is 28.5. The molecule has 2 aromatic carbocycles. The molecule has 0 aliphatic carbocycles. The Kier molecular flexibility index (Phi) is 8.24. The molecule has 0 saturated heterocycles. The van der Waals surface area contributed by atoms with Crippen LogP contribution < -0.4 is 4.72 Å². The quantitative estimate of drug-likeness (QED) is 0.163. The standard InChI is InChI=1S/C37H37N7O3S2/c1-21-16-33-34(26(6)38-21)35(29-11-9-8-10-12-29)40-44(33)19-28-13-14-31(30(18-28)20-43-23(3)15-22(2)39-43)32-17-24(4)48-37(32)49(45,46)42-36-25(5)27(7)47-41-36/h8-18H,19-20H2,1-7H3,(H,41,42). The summed E-state index contributed by atoms with van der Waals surface area (Å²) in [5.74, 6) is 0.750. The van der Waals surface area contributed by atoms with Crippen LogP contribution in [0.3, 0.4) is 0 Å². The van der Waals surface area contributed by atoms with Gasteiger partial charge in [0.2, 0.25) is 0 Å². The molecule has 0 unspecified atom stereocenters. The van der Waals surface area contributed by atoms with Gasteiger partial charge in [-0.3, -0.25) is 19.1 Å². The number of sulfonamides is 1. The molecule has 10 nitrogen and oxygen atoms in total. The molecule has 7 rings (SSSR count). The molecule has 5 heterocycles. The Hall–Kier alpha value is -5.07. The Morgan fingerprint density at radius 3 is 2.29 bits per heavy atom. The Morgan fingerprint density at radius 1 is 0.816 bits per heavy atom. The number of pyridine rings is 1. The number of aryl methyl sites for hydroxylation is 6. The largest absolute Gasteiger partial charge is 0.359 e. The fraction of sp³-hybridized carbons (Fsp3) is 0.243. The molecule has 0 spiro atoms. The van der Waals surface area contributed by atoms with Crippen molar-refractivity contribution in [2.45, 2.75) is 65.8 Å². The van der Waals surface area contributed by atoms with Gasteiger partial charge in [-0.25, -0.2) is 8.42 Å². The van der Waals surface area contributed by atoms with E-state index in [1.54, 1.807) is 13.8 Å². The minimum Gasteiger partial charge on any atom is -0.359 e. The highest BCUT2D eigenvalue weighted by Crippen LogP contribution is 2.39. The second-order valence-electron chi connectivity index (χ2n) is 12.6. The highest BCUT2D eigenvalue weighted by atomic mass is 32.2. The number of nitrogens with one attached hydrogen (secondary N) is 1. The summed E-state index contributed by atoms with van der Waals surface area (Å²) < 4.78 is 39.9. The number of thiophene rings is 1. The number of rotatable bonds is 9. The third-order valence-corrected chi connectivity index (χ3v) is 11.7. The van der Waals surface area contributed by atoms with Crippen molar-refractivity contribution < 1.29 is 12.9 Å². The summed E-state index contributed by atoms with van der Waals surface area (Å²) in [4.78, 5) is 5.64. The Bertz CT molecular complexity index is 2470. The Balaban J connectivity index is 1.34. The van der Waals surface area contributed by atoms with E-state index in [1.807, 2.05) is 80.4 Å². The molecule has 0 fully saturated rings. The predicted molar refractivity (Wildman–Crippen MR) is 194 cm³/mol. The molecule has 1 N–H and O–H groups in total. The maximum Gasteiger partial charge on any atom is 0.273 e. The molecule has 250 valence electrons. The van der Waals surface area contributed by atoms with Gasteiger partial charge < -0.3 is 4.52 Å². The van der Waals surface area contributed by atoms with E-state index in [0.717, 1.165) is 66.5 Å². The summed E-state index contributed by atoms with van der Waals surface area (Å²) in [5.41, 5.74) is 10.8. The van der Waals surface area contributed by atoms with E-state index in [4.69, 9.17) is 19.7 Å². The van der Waals surface area contributed by atoms with E-state index in [9.17, 15) is 8.42 Å². The van der Waals surface area contributed by atoms with E-state index < -0.39 is 10.0 Å². The first-order valence-corrected chi connectivity index (χ1v) is 18.3. The van der Waals surface area contributed by atoms with Crippen molar-refractivity contribution in [3.05, 3.63) is 117 Å². The molecule has 0 amide bonds. The average Bonchev–Trinajstić information content (AvgIpc) is 3.80. The molecule has 0 saturated carbocycles. The van der Waals surface area contributed by atoms with Gasteiger partial charge in [-0.2, -0.15) is 10.2 Å². The van der Waals surface area contributed by atoms with Gasteiger partial charge in [-0.05, 0) is 83.4 Å². The number of benzene rings is 2. The van der Waals surface area contributed by atoms with Crippen LogP contribution in [0.1, 0.15) is 50.1 Å². The van der Waals surface area contributed by atoms with E-state index in [2.05, 4.69) is 40.2 Å². The van der Waals surface area contributed by atoms with Crippen LogP contribution >= 0.6 is 11.3 Å². The molecule has 12 heteroatoms. The van der Waals surface area contributed by atoms with Gasteiger partial charge in [-0.1, -0.05) is 53.7 Å². The molecule has 49 heavy (non-hydrogen) atoms. The van der Waals surface area contributed by atoms with Crippen LogP contribution in [-0.2, 0) is 23.1 Å². The number of hydrogen-bond donors (Lipinski definition) is 1. The van der Waals surface area contributed by atoms with Gasteiger partial charge in [-0.15, -0.1) is 11.3 Å². The van der Waals surface area contributed by atoms with Crippen LogP contribution in [0.15, 0.2) is 75.5 Å². The number of nitrogens with zero attached hydrogens (tertiary/aromatic N) is 6. The van der Waals surface area contributed by atoms with Crippen LogP contribution in [0.2, 0.25) is 0 Å². The van der Waals surface area contributed by atoms with E-state index in [0.29, 0.717) is 30.0 Å². The van der Waals surface area contributed by atoms with Crippen molar-refractivity contribution in [2.75, 3.05) is 4.72 Å². The summed E-state index contributed by atoms with van der Waals surface area (Å²) in [6.07, 6.45) is 0. The Labute approximate surface area is 289 Å². The van der Waals surface area contributed by atoms with E-state index in [-0.39, 0.29) is 10.0 Å². The second kappa shape index (κ2) is 12.4. The zero-order chi connectivity index (χ0) is 34.6. The number of fused-ring (bicyclic) bond motifs is 1. The Morgan fingerprint density at radius 2 is 1.59 bits per heavy atom. The molecule has 7 aromatic rings. The smallest absolute Gasteiger partial charge is 0.273 e. The van der Waals surface area contributed by atoms with Crippen molar-refractivity contribution in [1.82, 2.24) is 29.7 Å². The molecular weight excluding hydrogens is 655 g/mol. The summed E-state index contributed by atoms with van der Waals surface area (Å²) in [6.45, 7) is 14.5. The lowest BCUT2D eigenvalue weighted by Gasteiger charge is -2.15. The average molecular weight is 692 g/mol. The highest BCUT2D eigenvalue weighted by molar-refractivity contribution is 7.94. The first-order chi connectivity index (χ1) is 23.4. The molecule has 5 aromatic heterocycles. The first kappa shape index (κ1) is 32.5. The van der Waals surface area contributed by atoms with Gasteiger partial charge in [0.1, 0.15) is 15.7 Å². The fourth-order valence-electron chi connectivity index (χ4n) is 6.32. The molecule has 0 radical (unpaired) electrons. The topological polar surface area (TPSA) is 121 Å². The normalized spacial score (nSPS) is 11.9. The van der Waals surface area contributed by atoms with Crippen molar-refractivity contribution in [3.63, 3.8) is 0 Å². The van der Waals surface area contributed by atoms with Crippen molar-refractivity contribution in [1.29, 1.82) is 0 Å². The third kappa shape index (κ3) is 6.17. The van der Waals surface area contributed by atoms with Crippen LogP contribution in [0.25, 0.3) is 33.3 Å². The molecule has 0 aliphatic rings. The van der Waals surface area contributed by atoms with Crippen molar-refractivity contribution in [3.8, 4) is 22.4 Å². The lowest BCUT2D eigenvalue weighted by Crippen LogP contribution is -2.14. The third-order valence-electron chi connectivity index (χ3n) is 8.76. The number of hydrogen-bond acceptors (Lipinski definition) is 8. The fourth-order valence-corrected chi connectivity index (χ4v) is 9.02. The maximum atomic E-state index is 13.9. The maximum absolute atomic E-state index is 13.9. The van der Waals surface area contributed by atoms with E-state index in [1.165, 1.54) is 11.3 Å². The van der Waals surface area contributed by atoms with Crippen LogP contribution in [-0.4, -0.2) is 38.1 Å². The predicted octanol–water partition coefficient (Wildman–Crippen LogP) is 8.07. The van der Waals surface area contributed by atoms with Crippen LogP contribution in [0.5, 0.6) is 0 Å². The minimum atomic E-state index is -3.99. The molecule has 0 bridgehead atoms. The van der Waals surface area contributed by atoms with Crippen LogP contribution in [0.4, 0.5) is 5.82 Å². The van der Waals surface area contributed by atoms with E-state index >= 15 is 0 Å². The lowest BCUT2D eigenvalue weighted by atomic mass is 9.98. The van der Waals surface area contributed by atoms with Gasteiger partial charge in [0.25, 0.3) is 10.0 Å². The van der Waals surface area contributed by atoms with Gasteiger partial charge in [0.05, 0.1) is 24.3 Å². The zero-order valence-corrected chi connectivity index (χ0v) is 30.1. The van der Waals surface area contributed by atoms with Crippen LogP contribution in [0, 0.1) is 48.5 Å². The van der Waals surface area contributed by atoms with Gasteiger partial charge in [0, 0.05) is 44.0 Å². The van der Waals surface area contributed by atoms with Crippen molar-refractivity contribution >= 4 is 38.1 Å². The SMILES string of the molecule is Cc1cc2c(c(C)n1)c(-c1ccccc1)nn2Cc1ccc(-c2cc(C)sc2S(=O)(=O)Nc2noc(C)c2C)c(Cn2nc(C)cc2C)c1. The van der Waals surface area contributed by atoms with Crippen molar-refractivity contribution in [2.24, 2.45) is 0 Å². The summed E-state index contributed by atoms with van der Waals surface area (Å²) >= 11 is 1.23. The second-order valence-corrected chi connectivity index (χ2v) is 15.7. The summed E-state index contributed by atoms with van der Waals surface area (Å²) in [5, 5.41) is 14.8. The molecule has 0 atom stereocenters. The lowest BCUT2D eigenvalue weighted by molar-refractivity contribution is 0.399. The number of aromatic nitrogens is 6. The highest BCUT2D eigenvalue weighted by Gasteiger charge is 2.27. The minimum absolute atomic E-state index is 0.190. The van der Waals surface area contributed by atoms with Gasteiger partial charge in [0.15, 0.2) is 5.82 Å². The summed E-state index contributed by atoms with van der Waals surface area (Å²) in [6, 6.07) is 22.5. The molecule has 0 aliphatic heterocycles. The summed E-state index contributed by atoms with van der Waals surface area (Å²) in [7, 11) is -3.99. The monoisotopic (exact) mass is 691 g/mol. The number of anilines is 1. The van der Waals surface area contributed by atoms with Gasteiger partial charge >= 0.3 is 0 Å².